The second-order valence-electron chi connectivity index (χ2n) is 5.85. The molecule has 144 valence electrons. The first-order valence-electron chi connectivity index (χ1n) is 7.94. The van der Waals surface area contributed by atoms with Gasteiger partial charge in [-0.1, -0.05) is 30.3 Å². The number of hydrogen-bond acceptors (Lipinski definition) is 4. The lowest BCUT2D eigenvalue weighted by Gasteiger charge is -2.30. The molecular weight excluding hydrogens is 363 g/mol. The summed E-state index contributed by atoms with van der Waals surface area (Å²) in [5.74, 6) is -2.80. The number of aryl methyl sites for hydroxylation is 1. The molecule has 1 atom stereocenters. The molecule has 0 saturated carbocycles. The van der Waals surface area contributed by atoms with Gasteiger partial charge in [-0.2, -0.15) is 13.2 Å². The first-order valence-corrected chi connectivity index (χ1v) is 7.94. The first-order chi connectivity index (χ1) is 12.7. The van der Waals surface area contributed by atoms with Crippen LogP contribution < -0.4 is 15.6 Å². The highest BCUT2D eigenvalue weighted by Crippen LogP contribution is 2.32. The molecule has 0 aliphatic rings. The third kappa shape index (κ3) is 4.75. The van der Waals surface area contributed by atoms with E-state index in [4.69, 9.17) is 0 Å². The maximum absolute atomic E-state index is 13.9. The molecule has 0 spiro atoms. The maximum atomic E-state index is 13.9. The number of H-pyrrole nitrogens is 1. The van der Waals surface area contributed by atoms with E-state index < -0.39 is 23.7 Å². The highest BCUT2D eigenvalue weighted by molar-refractivity contribution is 5.91. The summed E-state index contributed by atoms with van der Waals surface area (Å²) in [6, 6.07) is 11.2. The third-order valence-electron chi connectivity index (χ3n) is 3.73. The fourth-order valence-electron chi connectivity index (χ4n) is 2.43. The lowest BCUT2D eigenvalue weighted by atomic mass is 10.1. The monoisotopic (exact) mass is 382 g/mol. The molecule has 1 aromatic heterocycles. The smallest absolute Gasteiger partial charge is 0.464 e. The Morgan fingerprint density at radius 2 is 1.81 bits per heavy atom. The van der Waals surface area contributed by atoms with Crippen LogP contribution in [0.2, 0.25) is 0 Å². The molecule has 9 heteroatoms. The summed E-state index contributed by atoms with van der Waals surface area (Å²) in [4.78, 5) is 27.0. The van der Waals surface area contributed by atoms with Gasteiger partial charge in [0.15, 0.2) is 0 Å². The van der Waals surface area contributed by atoms with E-state index in [0.29, 0.717) is 11.1 Å². The average molecular weight is 382 g/mol. The number of pyridine rings is 1. The second kappa shape index (κ2) is 8.07. The quantitative estimate of drug-likeness (QED) is 0.592. The molecule has 0 radical (unpaired) electrons. The Morgan fingerprint density at radius 3 is 2.37 bits per heavy atom. The number of rotatable bonds is 6. The van der Waals surface area contributed by atoms with Crippen LogP contribution in [0.15, 0.2) is 48.7 Å². The minimum atomic E-state index is -5.18. The fraction of sp³-hybridized carbons (Fsp3) is 0.278. The number of nitrogens with one attached hydrogen (secondary N) is 3. The number of halogens is 3. The first kappa shape index (κ1) is 20.2. The zero-order valence-corrected chi connectivity index (χ0v) is 14.7. The Labute approximate surface area is 153 Å². The molecule has 6 nitrogen and oxygen atoms in total. The summed E-state index contributed by atoms with van der Waals surface area (Å²) in [5, 5.41) is 3.82. The Kier molecular flexibility index (Phi) is 6.04. The molecule has 0 saturated heterocycles. The van der Waals surface area contributed by atoms with Crippen LogP contribution >= 0.6 is 0 Å². The standard InChI is InChI=1S/C18H18F3N3O3/c1-12-8-9-22-14(10-12)23-17(16(26)27-2,18(19,20)21)24-15(25)11-13-6-4-3-5-7-13/h3-10H,11H2,1-2H3,(H,22,23)(H,24,25)/p+1/t17-/m1/s1. The molecule has 2 rings (SSSR count). The number of methoxy groups -OCH3 is 1. The average Bonchev–Trinajstić information content (AvgIpc) is 2.60. The van der Waals surface area contributed by atoms with Crippen LogP contribution in [0.5, 0.6) is 0 Å². The van der Waals surface area contributed by atoms with Crippen molar-refractivity contribution >= 4 is 17.7 Å². The molecule has 27 heavy (non-hydrogen) atoms. The number of alkyl halides is 3. The van der Waals surface area contributed by atoms with Gasteiger partial charge in [0.25, 0.3) is 5.82 Å². The normalized spacial score (nSPS) is 13.4. The Bertz CT molecular complexity index is 812. The number of amides is 1. The van der Waals surface area contributed by atoms with Gasteiger partial charge in [-0.25, -0.2) is 15.1 Å². The Morgan fingerprint density at radius 1 is 1.15 bits per heavy atom. The Balaban J connectivity index is 2.38. The van der Waals surface area contributed by atoms with Crippen molar-refractivity contribution in [2.24, 2.45) is 0 Å². The summed E-state index contributed by atoms with van der Waals surface area (Å²) in [7, 11) is 0.813. The van der Waals surface area contributed by atoms with Gasteiger partial charge in [0, 0.05) is 6.07 Å². The van der Waals surface area contributed by atoms with Crippen molar-refractivity contribution in [3.8, 4) is 0 Å². The van der Waals surface area contributed by atoms with Crippen molar-refractivity contribution in [1.82, 2.24) is 5.32 Å². The van der Waals surface area contributed by atoms with Crippen molar-refractivity contribution in [1.29, 1.82) is 0 Å². The summed E-state index contributed by atoms with van der Waals surface area (Å²) in [6.07, 6.45) is -4.11. The van der Waals surface area contributed by atoms with Crippen molar-refractivity contribution in [3.63, 3.8) is 0 Å². The highest BCUT2D eigenvalue weighted by atomic mass is 19.4. The van der Waals surface area contributed by atoms with Crippen LogP contribution in [0.25, 0.3) is 0 Å². The molecule has 1 heterocycles. The van der Waals surface area contributed by atoms with Crippen molar-refractivity contribution < 1.29 is 32.5 Å². The van der Waals surface area contributed by atoms with Gasteiger partial charge in [-0.15, -0.1) is 0 Å². The van der Waals surface area contributed by atoms with E-state index in [2.05, 4.69) is 15.0 Å². The number of esters is 1. The topological polar surface area (TPSA) is 81.6 Å². The van der Waals surface area contributed by atoms with Gasteiger partial charge < -0.3 is 4.74 Å². The SMILES string of the molecule is COC(=O)[C@](NC(=O)Cc1ccccc1)(Nc1cc(C)cc[nH+]1)C(F)(F)F. The minimum absolute atomic E-state index is 0.113. The predicted molar refractivity (Wildman–Crippen MR) is 90.4 cm³/mol. The van der Waals surface area contributed by atoms with Crippen molar-refractivity contribution in [2.75, 3.05) is 12.4 Å². The van der Waals surface area contributed by atoms with Crippen molar-refractivity contribution in [2.45, 2.75) is 25.2 Å². The predicted octanol–water partition coefficient (Wildman–Crippen LogP) is 2.01. The molecule has 0 aliphatic carbocycles. The van der Waals surface area contributed by atoms with E-state index in [1.54, 1.807) is 48.6 Å². The zero-order chi connectivity index (χ0) is 20.1. The summed E-state index contributed by atoms with van der Waals surface area (Å²) >= 11 is 0. The van der Waals surface area contributed by atoms with E-state index >= 15 is 0 Å². The van der Waals surface area contributed by atoms with Gasteiger partial charge in [-0.3, -0.25) is 10.1 Å². The van der Waals surface area contributed by atoms with Crippen LogP contribution in [0.3, 0.4) is 0 Å². The van der Waals surface area contributed by atoms with E-state index in [-0.39, 0.29) is 12.2 Å². The number of hydrogen-bond donors (Lipinski definition) is 2. The van der Waals surface area contributed by atoms with Gasteiger partial charge in [0.2, 0.25) is 5.91 Å². The third-order valence-corrected chi connectivity index (χ3v) is 3.73. The fourth-order valence-corrected chi connectivity index (χ4v) is 2.43. The largest absolute Gasteiger partial charge is 0.464 e. The molecule has 1 amide bonds. The van der Waals surface area contributed by atoms with Crippen LogP contribution in [0.4, 0.5) is 19.0 Å². The number of anilines is 1. The molecule has 0 bridgehead atoms. The summed E-state index contributed by atoms with van der Waals surface area (Å²) in [5.41, 5.74) is -2.30. The lowest BCUT2D eigenvalue weighted by Crippen LogP contribution is -2.69. The number of aromatic amines is 1. The van der Waals surface area contributed by atoms with Gasteiger partial charge >= 0.3 is 17.8 Å². The highest BCUT2D eigenvalue weighted by Gasteiger charge is 2.67. The number of ether oxygens (including phenoxy) is 1. The molecule has 2 aromatic rings. The number of carbonyl (C=O) groups is 2. The van der Waals surface area contributed by atoms with E-state index in [0.717, 1.165) is 7.11 Å². The van der Waals surface area contributed by atoms with Gasteiger partial charge in [0.05, 0.1) is 19.7 Å². The second-order valence-corrected chi connectivity index (χ2v) is 5.85. The summed E-state index contributed by atoms with van der Waals surface area (Å²) in [6.45, 7) is 1.67. The van der Waals surface area contributed by atoms with E-state index in [9.17, 15) is 22.8 Å². The number of carbonyl (C=O) groups excluding carboxylic acids is 2. The molecule has 3 N–H and O–H groups in total. The lowest BCUT2D eigenvalue weighted by molar-refractivity contribution is -0.363. The molecule has 0 fully saturated rings. The van der Waals surface area contributed by atoms with Gasteiger partial charge in [-0.05, 0) is 24.1 Å². The number of benzene rings is 1. The van der Waals surface area contributed by atoms with Gasteiger partial charge in [0.1, 0.15) is 0 Å². The van der Waals surface area contributed by atoms with Crippen LogP contribution in [0, 0.1) is 6.92 Å². The molecule has 0 aliphatic heterocycles. The van der Waals surface area contributed by atoms with E-state index in [1.165, 1.54) is 12.3 Å². The molecule has 1 aromatic carbocycles. The molecular formula is C18H19F3N3O3+. The van der Waals surface area contributed by atoms with Crippen LogP contribution in [-0.4, -0.2) is 30.8 Å². The van der Waals surface area contributed by atoms with Crippen LogP contribution in [0.1, 0.15) is 11.1 Å². The Hall–Kier alpha value is -3.10. The maximum Gasteiger partial charge on any atom is 0.464 e. The number of aromatic nitrogens is 1. The zero-order valence-electron chi connectivity index (χ0n) is 14.7. The van der Waals surface area contributed by atoms with E-state index in [1.807, 2.05) is 0 Å². The molecule has 0 unspecified atom stereocenters. The van der Waals surface area contributed by atoms with Crippen molar-refractivity contribution in [3.05, 3.63) is 59.8 Å². The minimum Gasteiger partial charge on any atom is -0.464 e. The summed E-state index contributed by atoms with van der Waals surface area (Å²) < 4.78 is 46.1. The van der Waals surface area contributed by atoms with Crippen LogP contribution in [-0.2, 0) is 20.7 Å².